The van der Waals surface area contributed by atoms with Gasteiger partial charge in [0.05, 0.1) is 0 Å². The van der Waals surface area contributed by atoms with Gasteiger partial charge in [-0.25, -0.2) is 0 Å². The summed E-state index contributed by atoms with van der Waals surface area (Å²) in [6.45, 7) is 1.45. The van der Waals surface area contributed by atoms with E-state index in [9.17, 15) is 4.79 Å². The summed E-state index contributed by atoms with van der Waals surface area (Å²) in [5.41, 5.74) is 7.60. The Morgan fingerprint density at radius 2 is 2.18 bits per heavy atom. The van der Waals surface area contributed by atoms with Gasteiger partial charge in [0, 0.05) is 29.4 Å². The molecule has 1 atom stereocenters. The highest BCUT2D eigenvalue weighted by Gasteiger charge is 2.34. The van der Waals surface area contributed by atoms with E-state index in [1.165, 1.54) is 0 Å². The third-order valence-corrected chi connectivity index (χ3v) is 3.15. The third-order valence-electron chi connectivity index (χ3n) is 2.92. The number of rotatable bonds is 3. The van der Waals surface area contributed by atoms with Crippen LogP contribution in [0.2, 0.25) is 5.02 Å². The molecule has 0 fully saturated rings. The Hall–Kier alpha value is -1.10. The molecule has 0 bridgehead atoms. The molecule has 2 N–H and O–H groups in total. The van der Waals surface area contributed by atoms with Crippen LogP contribution in [0.3, 0.4) is 0 Å². The fourth-order valence-corrected chi connectivity index (χ4v) is 2.15. The molecule has 2 rings (SSSR count). The Morgan fingerprint density at radius 3 is 2.82 bits per heavy atom. The number of likely N-dealkylation sites (N-methyl/N-ethyl adjacent to an activating group) is 1. The summed E-state index contributed by atoms with van der Waals surface area (Å²) in [7, 11) is 3.95. The molecule has 1 aliphatic heterocycles. The lowest BCUT2D eigenvalue weighted by molar-refractivity contribution is -0.119. The number of benzene rings is 1. The minimum atomic E-state index is -0.578. The zero-order valence-corrected chi connectivity index (χ0v) is 10.7. The molecule has 1 heterocycles. The summed E-state index contributed by atoms with van der Waals surface area (Å²) in [6, 6.07) is 4.84. The number of carbonyl (C=O) groups is 1. The van der Waals surface area contributed by atoms with Crippen LogP contribution >= 0.6 is 11.6 Å². The Morgan fingerprint density at radius 1 is 1.47 bits per heavy atom. The smallest absolute Gasteiger partial charge is 0.248 e. The van der Waals surface area contributed by atoms with Crippen molar-refractivity contribution in [1.29, 1.82) is 0 Å². The summed E-state index contributed by atoms with van der Waals surface area (Å²) in [5.74, 6) is -0.0517. The average molecular weight is 254 g/mol. The Labute approximate surface area is 106 Å². The van der Waals surface area contributed by atoms with Gasteiger partial charge >= 0.3 is 0 Å². The summed E-state index contributed by atoms with van der Waals surface area (Å²) < 4.78 is 0. The Bertz CT molecular complexity index is 447. The van der Waals surface area contributed by atoms with Gasteiger partial charge in [-0.3, -0.25) is 4.79 Å². The quantitative estimate of drug-likeness (QED) is 0.882. The average Bonchev–Trinajstić information content (AvgIpc) is 2.50. The zero-order valence-electron chi connectivity index (χ0n) is 9.98. The molecule has 0 aromatic heterocycles. The van der Waals surface area contributed by atoms with Crippen molar-refractivity contribution in [2.24, 2.45) is 5.73 Å². The maximum Gasteiger partial charge on any atom is 0.248 e. The molecule has 1 amide bonds. The number of anilines is 1. The highest BCUT2D eigenvalue weighted by molar-refractivity contribution is 6.31. The molecule has 1 aliphatic rings. The second kappa shape index (κ2) is 4.64. The van der Waals surface area contributed by atoms with Gasteiger partial charge in [-0.2, -0.15) is 0 Å². The van der Waals surface area contributed by atoms with Gasteiger partial charge in [0.15, 0.2) is 0 Å². The number of nitrogens with two attached hydrogens (primary N) is 1. The first-order chi connectivity index (χ1) is 8.00. The lowest BCUT2D eigenvalue weighted by Crippen LogP contribution is -2.36. The number of amides is 1. The molecule has 4 nitrogen and oxygen atoms in total. The van der Waals surface area contributed by atoms with E-state index in [-0.39, 0.29) is 5.91 Å². The topological polar surface area (TPSA) is 49.6 Å². The van der Waals surface area contributed by atoms with Crippen LogP contribution in [0.15, 0.2) is 18.2 Å². The van der Waals surface area contributed by atoms with Crippen molar-refractivity contribution in [3.05, 3.63) is 28.8 Å². The van der Waals surface area contributed by atoms with Crippen LogP contribution < -0.4 is 10.6 Å². The molecule has 1 aromatic carbocycles. The van der Waals surface area contributed by atoms with Crippen LogP contribution in [0, 0.1) is 0 Å². The maximum atomic E-state index is 12.0. The summed E-state index contributed by atoms with van der Waals surface area (Å²) >= 11 is 5.92. The second-order valence-electron chi connectivity index (χ2n) is 4.47. The van der Waals surface area contributed by atoms with Crippen molar-refractivity contribution in [3.8, 4) is 0 Å². The molecule has 1 aromatic rings. The highest BCUT2D eigenvalue weighted by Crippen LogP contribution is 2.35. The van der Waals surface area contributed by atoms with Crippen molar-refractivity contribution < 1.29 is 4.79 Å². The zero-order chi connectivity index (χ0) is 12.6. The fraction of sp³-hybridized carbons (Fsp3) is 0.417. The molecular formula is C12H16ClN3O. The minimum Gasteiger partial charge on any atom is -0.316 e. The van der Waals surface area contributed by atoms with E-state index in [1.54, 1.807) is 17.0 Å². The van der Waals surface area contributed by atoms with E-state index in [2.05, 4.69) is 0 Å². The first kappa shape index (κ1) is 12.4. The molecule has 0 saturated heterocycles. The van der Waals surface area contributed by atoms with Crippen molar-refractivity contribution >= 4 is 23.2 Å². The molecule has 0 radical (unpaired) electrons. The molecular weight excluding hydrogens is 238 g/mol. The second-order valence-corrected chi connectivity index (χ2v) is 4.91. The monoisotopic (exact) mass is 253 g/mol. The summed E-state index contributed by atoms with van der Waals surface area (Å²) in [6.07, 6.45) is 0. The molecule has 0 aliphatic carbocycles. The Balaban J connectivity index is 2.28. The molecule has 0 spiro atoms. The van der Waals surface area contributed by atoms with E-state index in [0.717, 1.165) is 17.8 Å². The van der Waals surface area contributed by atoms with Gasteiger partial charge in [0.2, 0.25) is 5.91 Å². The molecule has 0 saturated carbocycles. The predicted molar refractivity (Wildman–Crippen MR) is 69.3 cm³/mol. The molecule has 17 heavy (non-hydrogen) atoms. The molecule has 92 valence electrons. The van der Waals surface area contributed by atoms with Gasteiger partial charge in [-0.15, -0.1) is 0 Å². The molecule has 5 heteroatoms. The van der Waals surface area contributed by atoms with Gasteiger partial charge < -0.3 is 15.5 Å². The lowest BCUT2D eigenvalue weighted by atomic mass is 10.1. The largest absolute Gasteiger partial charge is 0.316 e. The lowest BCUT2D eigenvalue weighted by Gasteiger charge is -2.20. The number of carbonyl (C=O) groups excluding carboxylic acids is 1. The van der Waals surface area contributed by atoms with Crippen molar-refractivity contribution in [3.63, 3.8) is 0 Å². The van der Waals surface area contributed by atoms with Crippen molar-refractivity contribution in [2.75, 3.05) is 32.1 Å². The van der Waals surface area contributed by atoms with Gasteiger partial charge in [0.1, 0.15) is 6.04 Å². The van der Waals surface area contributed by atoms with Crippen molar-refractivity contribution in [1.82, 2.24) is 4.90 Å². The number of hydrogen-bond donors (Lipinski definition) is 1. The third kappa shape index (κ3) is 2.29. The first-order valence-corrected chi connectivity index (χ1v) is 5.89. The maximum absolute atomic E-state index is 12.0. The number of nitrogens with zero attached hydrogens (tertiary/aromatic N) is 2. The minimum absolute atomic E-state index is 0.0517. The van der Waals surface area contributed by atoms with Crippen LogP contribution in [-0.4, -0.2) is 38.0 Å². The van der Waals surface area contributed by atoms with Crippen LogP contribution in [0.1, 0.15) is 11.6 Å². The highest BCUT2D eigenvalue weighted by atomic mass is 35.5. The number of halogens is 1. The van der Waals surface area contributed by atoms with E-state index in [0.29, 0.717) is 11.6 Å². The van der Waals surface area contributed by atoms with Crippen molar-refractivity contribution in [2.45, 2.75) is 6.04 Å². The Kier molecular flexibility index (Phi) is 3.38. The standard InChI is InChI=1S/C12H16ClN3O/c1-15(2)5-6-16-10-4-3-8(13)7-9(10)11(14)12(16)17/h3-4,7,11H,5-6,14H2,1-2H3. The van der Waals surface area contributed by atoms with E-state index in [1.807, 2.05) is 25.1 Å². The first-order valence-electron chi connectivity index (χ1n) is 5.52. The van der Waals surface area contributed by atoms with Crippen LogP contribution in [-0.2, 0) is 4.79 Å². The van der Waals surface area contributed by atoms with Gasteiger partial charge in [-0.05, 0) is 32.3 Å². The van der Waals surface area contributed by atoms with E-state index >= 15 is 0 Å². The van der Waals surface area contributed by atoms with E-state index in [4.69, 9.17) is 17.3 Å². The van der Waals surface area contributed by atoms with E-state index < -0.39 is 6.04 Å². The van der Waals surface area contributed by atoms with Gasteiger partial charge in [0.25, 0.3) is 0 Å². The van der Waals surface area contributed by atoms with Crippen LogP contribution in [0.25, 0.3) is 0 Å². The van der Waals surface area contributed by atoms with Crippen LogP contribution in [0.5, 0.6) is 0 Å². The fourth-order valence-electron chi connectivity index (χ4n) is 1.97. The predicted octanol–water partition coefficient (Wildman–Crippen LogP) is 1.25. The SMILES string of the molecule is CN(C)CCN1C(=O)C(N)c2cc(Cl)ccc21. The van der Waals surface area contributed by atoms with Gasteiger partial charge in [-0.1, -0.05) is 11.6 Å². The molecule has 1 unspecified atom stereocenters. The van der Waals surface area contributed by atoms with Crippen LogP contribution in [0.4, 0.5) is 5.69 Å². The number of hydrogen-bond acceptors (Lipinski definition) is 3. The number of fused-ring (bicyclic) bond motifs is 1. The normalized spacial score (nSPS) is 19.0. The summed E-state index contributed by atoms with van der Waals surface area (Å²) in [4.78, 5) is 15.8. The summed E-state index contributed by atoms with van der Waals surface area (Å²) in [5, 5.41) is 0.612.